The van der Waals surface area contributed by atoms with Crippen molar-refractivity contribution in [3.63, 3.8) is 0 Å². The van der Waals surface area contributed by atoms with Crippen LogP contribution in [0.1, 0.15) is 36.3 Å². The molecule has 0 aromatic carbocycles. The molecule has 1 unspecified atom stereocenters. The highest BCUT2D eigenvalue weighted by Crippen LogP contribution is 2.24. The monoisotopic (exact) mass is 264 g/mol. The summed E-state index contributed by atoms with van der Waals surface area (Å²) in [5.41, 5.74) is 2.72. The fourth-order valence-electron chi connectivity index (χ4n) is 2.12. The van der Waals surface area contributed by atoms with Crippen molar-refractivity contribution in [2.75, 3.05) is 7.05 Å². The number of thiophene rings is 1. The predicted molar refractivity (Wildman–Crippen MR) is 74.9 cm³/mol. The smallest absolute Gasteiger partial charge is 0.138 e. The number of aromatic nitrogens is 3. The molecular formula is C13H20N4S. The third kappa shape index (κ3) is 2.79. The number of aryl methyl sites for hydroxylation is 2. The highest BCUT2D eigenvalue weighted by molar-refractivity contribution is 7.08. The number of hydrogen-bond donors (Lipinski definition) is 1. The van der Waals surface area contributed by atoms with Gasteiger partial charge in [-0.15, -0.1) is 0 Å². The Morgan fingerprint density at radius 3 is 2.89 bits per heavy atom. The van der Waals surface area contributed by atoms with Crippen molar-refractivity contribution >= 4 is 11.3 Å². The third-order valence-electron chi connectivity index (χ3n) is 3.14. The fourth-order valence-corrected chi connectivity index (χ4v) is 3.03. The Morgan fingerprint density at radius 1 is 1.44 bits per heavy atom. The molecule has 2 aromatic heterocycles. The summed E-state index contributed by atoms with van der Waals surface area (Å²) in [7, 11) is 2.00. The Morgan fingerprint density at radius 2 is 2.28 bits per heavy atom. The number of likely N-dealkylation sites (N-methyl/N-ethyl adjacent to an activating group) is 1. The van der Waals surface area contributed by atoms with E-state index in [2.05, 4.69) is 40.0 Å². The van der Waals surface area contributed by atoms with Crippen molar-refractivity contribution in [3.8, 4) is 0 Å². The van der Waals surface area contributed by atoms with Crippen LogP contribution in [0.3, 0.4) is 0 Å². The molecule has 0 saturated carbocycles. The van der Waals surface area contributed by atoms with E-state index < -0.39 is 0 Å². The van der Waals surface area contributed by atoms with Gasteiger partial charge in [-0.2, -0.15) is 16.4 Å². The number of rotatable bonds is 6. The van der Waals surface area contributed by atoms with E-state index >= 15 is 0 Å². The van der Waals surface area contributed by atoms with Crippen molar-refractivity contribution < 1.29 is 0 Å². The van der Waals surface area contributed by atoms with Crippen molar-refractivity contribution in [1.29, 1.82) is 0 Å². The lowest BCUT2D eigenvalue weighted by Crippen LogP contribution is -2.21. The lowest BCUT2D eigenvalue weighted by molar-refractivity contribution is 0.516. The molecule has 4 nitrogen and oxygen atoms in total. The highest BCUT2D eigenvalue weighted by atomic mass is 32.1. The zero-order valence-electron chi connectivity index (χ0n) is 11.2. The van der Waals surface area contributed by atoms with Crippen LogP contribution in [0, 0.1) is 6.92 Å². The number of hydrogen-bond acceptors (Lipinski definition) is 4. The molecule has 0 spiro atoms. The molecular weight excluding hydrogens is 244 g/mol. The maximum Gasteiger partial charge on any atom is 0.138 e. The van der Waals surface area contributed by atoms with Gasteiger partial charge in [0.25, 0.3) is 0 Å². The van der Waals surface area contributed by atoms with Gasteiger partial charge in [0.05, 0.1) is 0 Å². The van der Waals surface area contributed by atoms with Gasteiger partial charge >= 0.3 is 0 Å². The highest BCUT2D eigenvalue weighted by Gasteiger charge is 2.16. The van der Waals surface area contributed by atoms with Crippen molar-refractivity contribution in [1.82, 2.24) is 20.1 Å². The summed E-state index contributed by atoms with van der Waals surface area (Å²) in [4.78, 5) is 4.38. The molecule has 18 heavy (non-hydrogen) atoms. The molecule has 0 aliphatic heterocycles. The molecule has 0 radical (unpaired) electrons. The Hall–Kier alpha value is -1.20. The molecule has 0 fully saturated rings. The van der Waals surface area contributed by atoms with Gasteiger partial charge in [0, 0.05) is 19.0 Å². The number of nitrogens with one attached hydrogen (secondary N) is 1. The second kappa shape index (κ2) is 6.11. The molecule has 5 heteroatoms. The van der Waals surface area contributed by atoms with E-state index in [1.807, 2.05) is 11.7 Å². The first-order valence-electron chi connectivity index (χ1n) is 6.32. The molecule has 2 rings (SSSR count). The van der Waals surface area contributed by atoms with Crippen LogP contribution >= 0.6 is 11.3 Å². The topological polar surface area (TPSA) is 42.7 Å². The van der Waals surface area contributed by atoms with E-state index in [1.54, 1.807) is 17.7 Å². The van der Waals surface area contributed by atoms with Crippen LogP contribution < -0.4 is 5.32 Å². The van der Waals surface area contributed by atoms with E-state index in [0.717, 1.165) is 25.2 Å². The molecule has 98 valence electrons. The molecule has 0 aliphatic carbocycles. The van der Waals surface area contributed by atoms with Crippen LogP contribution in [-0.4, -0.2) is 21.8 Å². The van der Waals surface area contributed by atoms with Crippen molar-refractivity contribution in [3.05, 3.63) is 34.0 Å². The van der Waals surface area contributed by atoms with E-state index in [1.165, 1.54) is 11.1 Å². The molecule has 0 aliphatic rings. The average Bonchev–Trinajstić information content (AvgIpc) is 2.96. The number of nitrogens with zero attached hydrogens (tertiary/aromatic N) is 3. The van der Waals surface area contributed by atoms with Crippen LogP contribution in [0.2, 0.25) is 0 Å². The first-order chi connectivity index (χ1) is 8.76. The van der Waals surface area contributed by atoms with E-state index in [4.69, 9.17) is 0 Å². The van der Waals surface area contributed by atoms with Crippen LogP contribution in [0.15, 0.2) is 17.1 Å². The molecule has 0 bridgehead atoms. The van der Waals surface area contributed by atoms with Crippen LogP contribution in [0.4, 0.5) is 0 Å². The second-order valence-corrected chi connectivity index (χ2v) is 5.20. The maximum absolute atomic E-state index is 4.38. The Balaban J connectivity index is 2.15. The summed E-state index contributed by atoms with van der Waals surface area (Å²) in [6.45, 7) is 5.26. The van der Waals surface area contributed by atoms with Crippen LogP contribution in [0.25, 0.3) is 0 Å². The molecule has 0 amide bonds. The molecule has 1 atom stereocenters. The molecule has 1 N–H and O–H groups in total. The maximum atomic E-state index is 4.38. The zero-order chi connectivity index (χ0) is 13.0. The standard InChI is InChI=1S/C13H20N4S/c1-4-5-17-13(15-9-16-17)6-12(14-3)11-8-18-7-10(11)2/h7-9,12,14H,4-6H2,1-3H3. The Labute approximate surface area is 112 Å². The van der Waals surface area contributed by atoms with Crippen LogP contribution in [-0.2, 0) is 13.0 Å². The van der Waals surface area contributed by atoms with Gasteiger partial charge < -0.3 is 5.32 Å². The molecule has 2 aromatic rings. The second-order valence-electron chi connectivity index (χ2n) is 4.45. The summed E-state index contributed by atoms with van der Waals surface area (Å²) in [6.07, 6.45) is 3.62. The van der Waals surface area contributed by atoms with Gasteiger partial charge in [-0.05, 0) is 42.3 Å². The fraction of sp³-hybridized carbons (Fsp3) is 0.538. The molecule has 2 heterocycles. The Kier molecular flexibility index (Phi) is 4.49. The third-order valence-corrected chi connectivity index (χ3v) is 4.02. The average molecular weight is 264 g/mol. The van der Waals surface area contributed by atoms with Crippen molar-refractivity contribution in [2.24, 2.45) is 0 Å². The van der Waals surface area contributed by atoms with Gasteiger partial charge in [-0.3, -0.25) is 4.68 Å². The van der Waals surface area contributed by atoms with Crippen molar-refractivity contribution in [2.45, 2.75) is 39.3 Å². The largest absolute Gasteiger partial charge is 0.313 e. The Bertz CT molecular complexity index is 489. The normalized spacial score (nSPS) is 12.8. The van der Waals surface area contributed by atoms with Gasteiger partial charge in [0.1, 0.15) is 12.2 Å². The molecule has 0 saturated heterocycles. The lowest BCUT2D eigenvalue weighted by Gasteiger charge is -2.16. The summed E-state index contributed by atoms with van der Waals surface area (Å²) in [5, 5.41) is 12.1. The summed E-state index contributed by atoms with van der Waals surface area (Å²) < 4.78 is 2.01. The minimum atomic E-state index is 0.316. The lowest BCUT2D eigenvalue weighted by atomic mass is 10.0. The van der Waals surface area contributed by atoms with E-state index in [9.17, 15) is 0 Å². The summed E-state index contributed by atoms with van der Waals surface area (Å²) in [6, 6.07) is 0.316. The van der Waals surface area contributed by atoms with E-state index in [0.29, 0.717) is 6.04 Å². The first kappa shape index (κ1) is 13.2. The first-order valence-corrected chi connectivity index (χ1v) is 7.27. The van der Waals surface area contributed by atoms with E-state index in [-0.39, 0.29) is 0 Å². The van der Waals surface area contributed by atoms with Gasteiger partial charge in [0.2, 0.25) is 0 Å². The minimum Gasteiger partial charge on any atom is -0.313 e. The van der Waals surface area contributed by atoms with Crippen LogP contribution in [0.5, 0.6) is 0 Å². The quantitative estimate of drug-likeness (QED) is 0.872. The summed E-state index contributed by atoms with van der Waals surface area (Å²) in [5.74, 6) is 1.06. The zero-order valence-corrected chi connectivity index (χ0v) is 12.0. The SMILES string of the molecule is CCCn1ncnc1CC(NC)c1cscc1C. The van der Waals surface area contributed by atoms with Gasteiger partial charge in [0.15, 0.2) is 0 Å². The van der Waals surface area contributed by atoms with Gasteiger partial charge in [-0.1, -0.05) is 6.92 Å². The minimum absolute atomic E-state index is 0.316. The predicted octanol–water partition coefficient (Wildman–Crippen LogP) is 2.56. The summed E-state index contributed by atoms with van der Waals surface area (Å²) >= 11 is 1.75. The van der Waals surface area contributed by atoms with Gasteiger partial charge in [-0.25, -0.2) is 4.98 Å².